The first-order valence-electron chi connectivity index (χ1n) is 6.22. The number of nitrogens with zero attached hydrogens (tertiary/aromatic N) is 1. The van der Waals surface area contributed by atoms with E-state index in [0.29, 0.717) is 5.56 Å². The van der Waals surface area contributed by atoms with Gasteiger partial charge in [-0.15, -0.1) is 0 Å². The van der Waals surface area contributed by atoms with Crippen molar-refractivity contribution < 1.29 is 9.21 Å². The summed E-state index contributed by atoms with van der Waals surface area (Å²) in [5.41, 5.74) is 3.58. The van der Waals surface area contributed by atoms with Crippen LogP contribution in [0.1, 0.15) is 27.2 Å². The van der Waals surface area contributed by atoms with Gasteiger partial charge in [-0.2, -0.15) is 0 Å². The van der Waals surface area contributed by atoms with E-state index >= 15 is 0 Å². The molecule has 0 aliphatic rings. The lowest BCUT2D eigenvalue weighted by atomic mass is 10.0. The van der Waals surface area contributed by atoms with Crippen LogP contribution in [0.3, 0.4) is 0 Å². The van der Waals surface area contributed by atoms with Crippen LogP contribution in [0, 0.1) is 13.8 Å². The molecule has 3 aromatic rings. The predicted molar refractivity (Wildman–Crippen MR) is 74.5 cm³/mol. The van der Waals surface area contributed by atoms with E-state index in [0.717, 1.165) is 22.2 Å². The first-order valence-corrected chi connectivity index (χ1v) is 6.22. The van der Waals surface area contributed by atoms with Crippen LogP contribution in [0.2, 0.25) is 0 Å². The predicted octanol–water partition coefficient (Wildman–Crippen LogP) is 3.62. The molecule has 3 heteroatoms. The quantitative estimate of drug-likeness (QED) is 0.654. The van der Waals surface area contributed by atoms with E-state index in [1.807, 2.05) is 43.8 Å². The highest BCUT2D eigenvalue weighted by Crippen LogP contribution is 2.24. The number of hydrogen-bond acceptors (Lipinski definition) is 2. The average molecular weight is 253 g/mol. The Balaban J connectivity index is 2.18. The van der Waals surface area contributed by atoms with Gasteiger partial charge in [-0.25, -0.2) is 0 Å². The molecule has 0 amide bonds. The van der Waals surface area contributed by atoms with Crippen LogP contribution < -0.4 is 0 Å². The average Bonchev–Trinajstić information content (AvgIpc) is 2.94. The molecule has 0 atom stereocenters. The highest BCUT2D eigenvalue weighted by Gasteiger charge is 2.17. The maximum atomic E-state index is 12.5. The van der Waals surface area contributed by atoms with Crippen LogP contribution in [0.5, 0.6) is 0 Å². The molecule has 0 bridgehead atoms. The summed E-state index contributed by atoms with van der Waals surface area (Å²) in [5, 5.41) is 0.983. The summed E-state index contributed by atoms with van der Waals surface area (Å²) < 4.78 is 7.21. The molecule has 1 aromatic carbocycles. The van der Waals surface area contributed by atoms with Gasteiger partial charge in [-0.3, -0.25) is 4.79 Å². The molecule has 2 aromatic heterocycles. The standard InChI is InChI=1S/C16H15NO2/c1-10-4-5-13-14(8-17(3)15(13)6-10)16(18)12-7-11(2)19-9-12/h4-9H,1-3H3. The van der Waals surface area contributed by atoms with Gasteiger partial charge in [0.25, 0.3) is 0 Å². The first kappa shape index (κ1) is 11.8. The van der Waals surface area contributed by atoms with Gasteiger partial charge in [0.2, 0.25) is 0 Å². The molecule has 0 radical (unpaired) electrons. The van der Waals surface area contributed by atoms with Crippen molar-refractivity contribution in [1.29, 1.82) is 0 Å². The summed E-state index contributed by atoms with van der Waals surface area (Å²) >= 11 is 0. The molecule has 0 spiro atoms. The van der Waals surface area contributed by atoms with Gasteiger partial charge in [0.15, 0.2) is 5.78 Å². The summed E-state index contributed by atoms with van der Waals surface area (Å²) in [6, 6.07) is 7.90. The molecule has 0 N–H and O–H groups in total. The van der Waals surface area contributed by atoms with Crippen molar-refractivity contribution in [3.05, 3.63) is 59.2 Å². The molecule has 3 nitrogen and oxygen atoms in total. The van der Waals surface area contributed by atoms with E-state index in [1.54, 1.807) is 6.07 Å². The third kappa shape index (κ3) is 1.87. The van der Waals surface area contributed by atoms with Crippen LogP contribution in [0.25, 0.3) is 10.9 Å². The second kappa shape index (κ2) is 4.12. The minimum Gasteiger partial charge on any atom is -0.469 e. The Hall–Kier alpha value is -2.29. The van der Waals surface area contributed by atoms with Crippen molar-refractivity contribution in [2.75, 3.05) is 0 Å². The van der Waals surface area contributed by atoms with Gasteiger partial charge in [-0.1, -0.05) is 12.1 Å². The van der Waals surface area contributed by atoms with Crippen LogP contribution in [-0.2, 0) is 7.05 Å². The van der Waals surface area contributed by atoms with Crippen molar-refractivity contribution in [3.8, 4) is 0 Å². The SMILES string of the molecule is Cc1ccc2c(C(=O)c3coc(C)c3)cn(C)c2c1. The highest BCUT2D eigenvalue weighted by molar-refractivity contribution is 6.16. The number of carbonyl (C=O) groups is 1. The van der Waals surface area contributed by atoms with Crippen molar-refractivity contribution in [2.45, 2.75) is 13.8 Å². The zero-order valence-electron chi connectivity index (χ0n) is 11.2. The molecule has 0 aliphatic heterocycles. The third-order valence-corrected chi connectivity index (χ3v) is 3.38. The fourth-order valence-electron chi connectivity index (χ4n) is 2.39. The summed E-state index contributed by atoms with van der Waals surface area (Å²) in [5.74, 6) is 0.755. The fourth-order valence-corrected chi connectivity index (χ4v) is 2.39. The lowest BCUT2D eigenvalue weighted by molar-refractivity contribution is 0.103. The van der Waals surface area contributed by atoms with Gasteiger partial charge >= 0.3 is 0 Å². The van der Waals surface area contributed by atoms with Crippen LogP contribution >= 0.6 is 0 Å². The van der Waals surface area contributed by atoms with Crippen molar-refractivity contribution in [2.24, 2.45) is 7.05 Å². The minimum absolute atomic E-state index is 0.00584. The van der Waals surface area contributed by atoms with E-state index < -0.39 is 0 Å². The number of carbonyl (C=O) groups excluding carboxylic acids is 1. The number of ketones is 1. The van der Waals surface area contributed by atoms with Crippen molar-refractivity contribution in [1.82, 2.24) is 4.57 Å². The van der Waals surface area contributed by atoms with Gasteiger partial charge in [0.1, 0.15) is 12.0 Å². The number of aryl methyl sites for hydroxylation is 3. The Labute approximate surface area is 111 Å². The van der Waals surface area contributed by atoms with Crippen molar-refractivity contribution >= 4 is 16.7 Å². The highest BCUT2D eigenvalue weighted by atomic mass is 16.3. The van der Waals surface area contributed by atoms with E-state index in [2.05, 4.69) is 6.07 Å². The zero-order chi connectivity index (χ0) is 13.6. The normalized spacial score (nSPS) is 11.1. The number of rotatable bonds is 2. The van der Waals surface area contributed by atoms with Crippen LogP contribution in [0.4, 0.5) is 0 Å². The number of aromatic nitrogens is 1. The first-order chi connectivity index (χ1) is 9.06. The van der Waals surface area contributed by atoms with Gasteiger partial charge in [-0.05, 0) is 31.5 Å². The van der Waals surface area contributed by atoms with Gasteiger partial charge in [0.05, 0.1) is 5.56 Å². The topological polar surface area (TPSA) is 35.1 Å². The molecule has 2 heterocycles. The monoisotopic (exact) mass is 253 g/mol. The molecule has 0 saturated carbocycles. The molecule has 0 saturated heterocycles. The Morgan fingerprint density at radius 1 is 1.21 bits per heavy atom. The van der Waals surface area contributed by atoms with Crippen LogP contribution in [-0.4, -0.2) is 10.4 Å². The third-order valence-electron chi connectivity index (χ3n) is 3.38. The maximum Gasteiger partial charge on any atom is 0.198 e. The summed E-state index contributed by atoms with van der Waals surface area (Å²) in [7, 11) is 1.96. The zero-order valence-corrected chi connectivity index (χ0v) is 11.2. The Morgan fingerprint density at radius 3 is 2.68 bits per heavy atom. The molecular weight excluding hydrogens is 238 g/mol. The summed E-state index contributed by atoms with van der Waals surface area (Å²) in [4.78, 5) is 12.5. The summed E-state index contributed by atoms with van der Waals surface area (Å²) in [6.45, 7) is 3.89. The number of furan rings is 1. The Morgan fingerprint density at radius 2 is 2.00 bits per heavy atom. The number of fused-ring (bicyclic) bond motifs is 1. The minimum atomic E-state index is 0.00584. The van der Waals surface area contributed by atoms with Gasteiger partial charge < -0.3 is 8.98 Å². The molecule has 0 unspecified atom stereocenters. The van der Waals surface area contributed by atoms with E-state index in [9.17, 15) is 4.79 Å². The molecule has 3 rings (SSSR count). The van der Waals surface area contributed by atoms with Gasteiger partial charge in [0, 0.05) is 29.7 Å². The maximum absolute atomic E-state index is 12.5. The largest absolute Gasteiger partial charge is 0.469 e. The molecular formula is C16H15NO2. The second-order valence-electron chi connectivity index (χ2n) is 4.95. The Kier molecular flexibility index (Phi) is 2.56. The van der Waals surface area contributed by atoms with Crippen molar-refractivity contribution in [3.63, 3.8) is 0 Å². The van der Waals surface area contributed by atoms with Crippen LogP contribution in [0.15, 0.2) is 41.1 Å². The van der Waals surface area contributed by atoms with E-state index in [1.165, 1.54) is 11.8 Å². The Bertz CT molecular complexity index is 777. The molecule has 0 aliphatic carbocycles. The smallest absolute Gasteiger partial charge is 0.198 e. The lowest BCUT2D eigenvalue weighted by Gasteiger charge is -1.98. The second-order valence-corrected chi connectivity index (χ2v) is 4.95. The lowest BCUT2D eigenvalue weighted by Crippen LogP contribution is -1.98. The molecule has 19 heavy (non-hydrogen) atoms. The van der Waals surface area contributed by atoms with E-state index in [4.69, 9.17) is 4.42 Å². The van der Waals surface area contributed by atoms with E-state index in [-0.39, 0.29) is 5.78 Å². The number of benzene rings is 1. The number of hydrogen-bond donors (Lipinski definition) is 0. The molecule has 96 valence electrons. The summed E-state index contributed by atoms with van der Waals surface area (Å²) in [6.07, 6.45) is 3.40. The molecule has 0 fully saturated rings. The fraction of sp³-hybridized carbons (Fsp3) is 0.188.